The fraction of sp³-hybridized carbons (Fsp3) is 0.688. The standard InChI is InChI=1S/C16H28N4/c1-5-14-9-13(11-17-2)10-16(18-14)20-8-6-7-15(12-20)19(3)4/h9-10,15,17H,5-8,11-12H2,1-4H3. The largest absolute Gasteiger partial charge is 0.355 e. The number of pyridine rings is 1. The van der Waals surface area contributed by atoms with Gasteiger partial charge < -0.3 is 15.1 Å². The Hall–Kier alpha value is -1.13. The zero-order chi connectivity index (χ0) is 14.5. The van der Waals surface area contributed by atoms with Crippen LogP contribution in [0.3, 0.4) is 0 Å². The van der Waals surface area contributed by atoms with Crippen LogP contribution in [0.25, 0.3) is 0 Å². The van der Waals surface area contributed by atoms with Crippen molar-refractivity contribution in [1.82, 2.24) is 15.2 Å². The van der Waals surface area contributed by atoms with Crippen LogP contribution in [0.1, 0.15) is 31.0 Å². The van der Waals surface area contributed by atoms with E-state index in [0.29, 0.717) is 6.04 Å². The van der Waals surface area contributed by atoms with Gasteiger partial charge in [0.1, 0.15) is 5.82 Å². The summed E-state index contributed by atoms with van der Waals surface area (Å²) in [7, 11) is 6.35. The van der Waals surface area contributed by atoms with E-state index >= 15 is 0 Å². The van der Waals surface area contributed by atoms with Crippen molar-refractivity contribution in [3.05, 3.63) is 23.4 Å². The number of hydrogen-bond acceptors (Lipinski definition) is 4. The normalized spacial score (nSPS) is 19.6. The number of piperidine rings is 1. The molecule has 1 aliphatic rings. The Morgan fingerprint density at radius 1 is 1.40 bits per heavy atom. The Labute approximate surface area is 123 Å². The fourth-order valence-corrected chi connectivity index (χ4v) is 2.87. The molecular weight excluding hydrogens is 248 g/mol. The van der Waals surface area contributed by atoms with Crippen LogP contribution in [0.2, 0.25) is 0 Å². The minimum Gasteiger partial charge on any atom is -0.355 e. The van der Waals surface area contributed by atoms with E-state index in [-0.39, 0.29) is 0 Å². The first-order valence-corrected chi connectivity index (χ1v) is 7.69. The summed E-state index contributed by atoms with van der Waals surface area (Å²) in [6, 6.07) is 5.10. The van der Waals surface area contributed by atoms with Crippen LogP contribution in [-0.4, -0.2) is 50.2 Å². The number of anilines is 1. The molecule has 1 saturated heterocycles. The van der Waals surface area contributed by atoms with Gasteiger partial charge in [0.15, 0.2) is 0 Å². The van der Waals surface area contributed by atoms with Crippen molar-refractivity contribution in [2.45, 2.75) is 38.8 Å². The van der Waals surface area contributed by atoms with Gasteiger partial charge in [0, 0.05) is 31.4 Å². The molecule has 1 unspecified atom stereocenters. The first-order valence-electron chi connectivity index (χ1n) is 7.69. The highest BCUT2D eigenvalue weighted by Crippen LogP contribution is 2.22. The zero-order valence-corrected chi connectivity index (χ0v) is 13.3. The highest BCUT2D eigenvalue weighted by atomic mass is 15.2. The molecule has 4 nitrogen and oxygen atoms in total. The SMILES string of the molecule is CCc1cc(CNC)cc(N2CCCC(N(C)C)C2)n1. The van der Waals surface area contributed by atoms with E-state index in [9.17, 15) is 0 Å². The molecule has 1 aromatic rings. The van der Waals surface area contributed by atoms with Gasteiger partial charge in [-0.2, -0.15) is 0 Å². The number of nitrogens with one attached hydrogen (secondary N) is 1. The fourth-order valence-electron chi connectivity index (χ4n) is 2.87. The maximum atomic E-state index is 4.83. The van der Waals surface area contributed by atoms with Crippen LogP contribution in [-0.2, 0) is 13.0 Å². The molecule has 2 rings (SSSR count). The third-order valence-corrected chi connectivity index (χ3v) is 4.12. The zero-order valence-electron chi connectivity index (χ0n) is 13.3. The molecule has 112 valence electrons. The van der Waals surface area contributed by atoms with Crippen molar-refractivity contribution >= 4 is 5.82 Å². The van der Waals surface area contributed by atoms with Gasteiger partial charge in [0.2, 0.25) is 0 Å². The maximum Gasteiger partial charge on any atom is 0.129 e. The van der Waals surface area contributed by atoms with Crippen LogP contribution >= 0.6 is 0 Å². The molecular formula is C16H28N4. The maximum absolute atomic E-state index is 4.83. The van der Waals surface area contributed by atoms with Gasteiger partial charge in [-0.25, -0.2) is 4.98 Å². The quantitative estimate of drug-likeness (QED) is 0.890. The molecule has 0 spiro atoms. The van der Waals surface area contributed by atoms with Crippen LogP contribution in [0.4, 0.5) is 5.82 Å². The molecule has 1 fully saturated rings. The summed E-state index contributed by atoms with van der Waals surface area (Å²) in [5.41, 5.74) is 2.53. The Balaban J connectivity index is 2.19. The van der Waals surface area contributed by atoms with Crippen LogP contribution in [0, 0.1) is 0 Å². The number of hydrogen-bond donors (Lipinski definition) is 1. The minimum absolute atomic E-state index is 0.642. The van der Waals surface area contributed by atoms with E-state index in [1.54, 1.807) is 0 Å². The first-order chi connectivity index (χ1) is 9.63. The lowest BCUT2D eigenvalue weighted by Crippen LogP contribution is -2.45. The van der Waals surface area contributed by atoms with Crippen LogP contribution in [0.5, 0.6) is 0 Å². The van der Waals surface area contributed by atoms with Gasteiger partial charge in [-0.15, -0.1) is 0 Å². The summed E-state index contributed by atoms with van der Waals surface area (Å²) >= 11 is 0. The molecule has 1 N–H and O–H groups in total. The molecule has 0 amide bonds. The van der Waals surface area contributed by atoms with E-state index in [4.69, 9.17) is 4.98 Å². The number of rotatable bonds is 5. The second-order valence-electron chi connectivity index (χ2n) is 5.91. The van der Waals surface area contributed by atoms with Gasteiger partial charge in [-0.05, 0) is 58.1 Å². The van der Waals surface area contributed by atoms with Crippen LogP contribution in [0.15, 0.2) is 12.1 Å². The third kappa shape index (κ3) is 3.70. The van der Waals surface area contributed by atoms with Crippen molar-refractivity contribution < 1.29 is 0 Å². The van der Waals surface area contributed by atoms with Crippen molar-refractivity contribution in [3.8, 4) is 0 Å². The van der Waals surface area contributed by atoms with Gasteiger partial charge in [0.25, 0.3) is 0 Å². The lowest BCUT2D eigenvalue weighted by Gasteiger charge is -2.37. The number of likely N-dealkylation sites (N-methyl/N-ethyl adjacent to an activating group) is 1. The topological polar surface area (TPSA) is 31.4 Å². The number of nitrogens with zero attached hydrogens (tertiary/aromatic N) is 3. The van der Waals surface area contributed by atoms with Gasteiger partial charge in [0.05, 0.1) is 0 Å². The molecule has 0 aliphatic carbocycles. The van der Waals surface area contributed by atoms with Crippen molar-refractivity contribution in [3.63, 3.8) is 0 Å². The lowest BCUT2D eigenvalue weighted by atomic mass is 10.0. The monoisotopic (exact) mass is 276 g/mol. The van der Waals surface area contributed by atoms with E-state index in [1.807, 2.05) is 7.05 Å². The average Bonchev–Trinajstić information content (AvgIpc) is 2.47. The molecule has 0 radical (unpaired) electrons. The predicted molar refractivity (Wildman–Crippen MR) is 85.3 cm³/mol. The highest BCUT2D eigenvalue weighted by molar-refractivity contribution is 5.43. The molecule has 0 saturated carbocycles. The second-order valence-corrected chi connectivity index (χ2v) is 5.91. The molecule has 4 heteroatoms. The summed E-state index contributed by atoms with van der Waals surface area (Å²) in [5.74, 6) is 1.15. The molecule has 0 bridgehead atoms. The average molecular weight is 276 g/mol. The number of aromatic nitrogens is 1. The molecule has 20 heavy (non-hydrogen) atoms. The Kier molecular flexibility index (Phi) is 5.38. The summed E-state index contributed by atoms with van der Waals surface area (Å²) in [6.07, 6.45) is 3.54. The number of aryl methyl sites for hydroxylation is 1. The van der Waals surface area contributed by atoms with E-state index in [1.165, 1.54) is 24.1 Å². The third-order valence-electron chi connectivity index (χ3n) is 4.12. The lowest BCUT2D eigenvalue weighted by molar-refractivity contribution is 0.257. The highest BCUT2D eigenvalue weighted by Gasteiger charge is 2.22. The molecule has 0 aromatic carbocycles. The van der Waals surface area contributed by atoms with E-state index in [2.05, 4.69) is 48.3 Å². The molecule has 1 aromatic heterocycles. The second kappa shape index (κ2) is 7.04. The first kappa shape index (κ1) is 15.3. The summed E-state index contributed by atoms with van der Waals surface area (Å²) in [4.78, 5) is 9.62. The van der Waals surface area contributed by atoms with E-state index < -0.39 is 0 Å². The summed E-state index contributed by atoms with van der Waals surface area (Å²) in [5, 5.41) is 3.24. The predicted octanol–water partition coefficient (Wildman–Crippen LogP) is 1.89. The Morgan fingerprint density at radius 3 is 2.85 bits per heavy atom. The smallest absolute Gasteiger partial charge is 0.129 e. The Bertz CT molecular complexity index is 430. The molecule has 2 heterocycles. The van der Waals surface area contributed by atoms with Crippen molar-refractivity contribution in [1.29, 1.82) is 0 Å². The van der Waals surface area contributed by atoms with Crippen molar-refractivity contribution in [2.24, 2.45) is 0 Å². The Morgan fingerprint density at radius 2 is 2.20 bits per heavy atom. The van der Waals surface area contributed by atoms with E-state index in [0.717, 1.165) is 31.9 Å². The minimum atomic E-state index is 0.642. The van der Waals surface area contributed by atoms with Crippen molar-refractivity contribution in [2.75, 3.05) is 39.1 Å². The van der Waals surface area contributed by atoms with Gasteiger partial charge in [-0.3, -0.25) is 0 Å². The van der Waals surface area contributed by atoms with Gasteiger partial charge >= 0.3 is 0 Å². The van der Waals surface area contributed by atoms with Crippen LogP contribution < -0.4 is 10.2 Å². The summed E-state index contributed by atoms with van der Waals surface area (Å²) < 4.78 is 0. The molecule has 1 atom stereocenters. The van der Waals surface area contributed by atoms with Gasteiger partial charge in [-0.1, -0.05) is 6.92 Å². The summed E-state index contributed by atoms with van der Waals surface area (Å²) in [6.45, 7) is 5.30. The molecule has 1 aliphatic heterocycles.